The first-order valence-corrected chi connectivity index (χ1v) is 11.9. The van der Waals surface area contributed by atoms with E-state index in [9.17, 15) is 25.9 Å². The van der Waals surface area contributed by atoms with Crippen molar-refractivity contribution in [3.8, 4) is 0 Å². The van der Waals surface area contributed by atoms with Gasteiger partial charge in [-0.05, 0) is 24.7 Å². The van der Waals surface area contributed by atoms with Crippen LogP contribution < -0.4 is 0 Å². The molecule has 0 aromatic heterocycles. The quantitative estimate of drug-likeness (QED) is 0.208. The topological polar surface area (TPSA) is 133 Å². The second kappa shape index (κ2) is 18.4. The van der Waals surface area contributed by atoms with E-state index in [1.54, 1.807) is 0 Å². The normalized spacial score (nSPS) is 13.9. The maximum Gasteiger partial charge on any atom is 2.00 e. The Morgan fingerprint density at radius 1 is 0.704 bits per heavy atom. The van der Waals surface area contributed by atoms with Crippen molar-refractivity contribution in [3.05, 3.63) is 0 Å². The van der Waals surface area contributed by atoms with Gasteiger partial charge >= 0.3 is 19.5 Å². The second-order valence-corrected chi connectivity index (χ2v) is 8.32. The fourth-order valence-electron chi connectivity index (χ4n) is 2.16. The van der Waals surface area contributed by atoms with E-state index in [2.05, 4.69) is 22.2 Å². The molecule has 0 aliphatic carbocycles. The summed E-state index contributed by atoms with van der Waals surface area (Å²) < 4.78 is 69.3. The molecule has 27 heavy (non-hydrogen) atoms. The molecule has 8 nitrogen and oxygen atoms in total. The van der Waals surface area contributed by atoms with Gasteiger partial charge in [0.1, 0.15) is 0 Å². The van der Waals surface area contributed by atoms with E-state index in [1.165, 1.54) is 0 Å². The fraction of sp³-hybridized carbons (Fsp3) is 1.00. The predicted molar refractivity (Wildman–Crippen MR) is 97.9 cm³/mol. The van der Waals surface area contributed by atoms with Crippen molar-refractivity contribution in [2.24, 2.45) is 11.8 Å². The molecule has 0 bridgehead atoms. The molecule has 0 rings (SSSR count). The van der Waals surface area contributed by atoms with Crippen LogP contribution in [-0.2, 0) is 48.6 Å². The maximum absolute atomic E-state index is 10.1. The summed E-state index contributed by atoms with van der Waals surface area (Å²) in [5.41, 5.74) is 0. The summed E-state index contributed by atoms with van der Waals surface area (Å²) in [5, 5.41) is 0. The van der Waals surface area contributed by atoms with Crippen LogP contribution in [0.1, 0.15) is 79.1 Å². The smallest absolute Gasteiger partial charge is 0.726 e. The van der Waals surface area contributed by atoms with Crippen LogP contribution in [-0.4, -0.2) is 39.2 Å². The van der Waals surface area contributed by atoms with E-state index in [4.69, 9.17) is 0 Å². The van der Waals surface area contributed by atoms with E-state index in [1.807, 2.05) is 13.8 Å². The summed E-state index contributed by atoms with van der Waals surface area (Å²) in [5.74, 6) is 0.368. The Bertz CT molecular complexity index is 475. The minimum Gasteiger partial charge on any atom is -0.726 e. The van der Waals surface area contributed by atoms with Gasteiger partial charge in [0, 0.05) is 0 Å². The molecular weight excluding hydrogens is 450 g/mol. The van der Waals surface area contributed by atoms with E-state index in [0.29, 0.717) is 0 Å². The number of hydrogen-bond acceptors (Lipinski definition) is 8. The first kappa shape index (κ1) is 32.0. The number of unbranched alkanes of at least 4 members (excludes halogenated alkanes) is 2. The standard InChI is InChI=1S/2C8H18O4S.Zn/c2*1-3-5-6-8(4-2)7-12-13(9,10)11;/h2*8H,3-7H2,1-2H3,(H,9,10,11);/q;;+2/p-2. The van der Waals surface area contributed by atoms with Crippen LogP contribution in [0.4, 0.5) is 0 Å². The molecule has 0 aromatic carbocycles. The van der Waals surface area contributed by atoms with Gasteiger partial charge < -0.3 is 9.11 Å². The first-order valence-electron chi connectivity index (χ1n) is 9.19. The Morgan fingerprint density at radius 2 is 1.00 bits per heavy atom. The van der Waals surface area contributed by atoms with Gasteiger partial charge in [-0.25, -0.2) is 16.8 Å². The van der Waals surface area contributed by atoms with E-state index >= 15 is 0 Å². The summed E-state index contributed by atoms with van der Waals surface area (Å²) in [6.45, 7) is 8.11. The molecule has 0 N–H and O–H groups in total. The van der Waals surface area contributed by atoms with Gasteiger partial charge in [-0.2, -0.15) is 0 Å². The molecule has 0 saturated heterocycles. The van der Waals surface area contributed by atoms with Crippen molar-refractivity contribution >= 4 is 20.8 Å². The summed E-state index contributed by atoms with van der Waals surface area (Å²) >= 11 is 0. The summed E-state index contributed by atoms with van der Waals surface area (Å²) in [4.78, 5) is 0. The van der Waals surface area contributed by atoms with Crippen molar-refractivity contribution in [2.75, 3.05) is 13.2 Å². The predicted octanol–water partition coefficient (Wildman–Crippen LogP) is 3.36. The summed E-state index contributed by atoms with van der Waals surface area (Å²) in [6, 6.07) is 0. The molecule has 0 heterocycles. The van der Waals surface area contributed by atoms with Crippen molar-refractivity contribution in [1.82, 2.24) is 0 Å². The molecule has 11 heteroatoms. The molecule has 0 fully saturated rings. The van der Waals surface area contributed by atoms with Crippen LogP contribution in [0, 0.1) is 11.8 Å². The summed E-state index contributed by atoms with van der Waals surface area (Å²) in [6.07, 6.45) is 7.75. The average Bonchev–Trinajstić information content (AvgIpc) is 2.54. The zero-order valence-electron chi connectivity index (χ0n) is 17.0. The van der Waals surface area contributed by atoms with Gasteiger partial charge in [0.25, 0.3) is 0 Å². The molecule has 0 amide bonds. The molecule has 0 spiro atoms. The molecule has 2 atom stereocenters. The third kappa shape index (κ3) is 26.4. The van der Waals surface area contributed by atoms with Crippen LogP contribution in [0.5, 0.6) is 0 Å². The van der Waals surface area contributed by atoms with Gasteiger partial charge in [0.2, 0.25) is 20.8 Å². The fourth-order valence-corrected chi connectivity index (χ4v) is 2.87. The molecule has 0 aliphatic rings. The van der Waals surface area contributed by atoms with Gasteiger partial charge in [-0.3, -0.25) is 8.37 Å². The van der Waals surface area contributed by atoms with Crippen LogP contribution in [0.15, 0.2) is 0 Å². The van der Waals surface area contributed by atoms with E-state index < -0.39 is 20.8 Å². The Balaban J connectivity index is -0.000000411. The van der Waals surface area contributed by atoms with Crippen LogP contribution >= 0.6 is 0 Å². The van der Waals surface area contributed by atoms with E-state index in [0.717, 1.165) is 51.4 Å². The molecule has 0 saturated carbocycles. The van der Waals surface area contributed by atoms with Crippen molar-refractivity contribution in [3.63, 3.8) is 0 Å². The number of rotatable bonds is 14. The molecule has 2 unspecified atom stereocenters. The molecule has 0 radical (unpaired) electrons. The van der Waals surface area contributed by atoms with E-state index in [-0.39, 0.29) is 44.5 Å². The number of hydrogen-bond donors (Lipinski definition) is 0. The van der Waals surface area contributed by atoms with Gasteiger partial charge in [0.15, 0.2) is 0 Å². The van der Waals surface area contributed by atoms with Gasteiger partial charge in [-0.15, -0.1) is 0 Å². The maximum atomic E-state index is 10.1. The van der Waals surface area contributed by atoms with Gasteiger partial charge in [0.05, 0.1) is 13.2 Å². The molecular formula is C16H34O8S2Zn. The van der Waals surface area contributed by atoms with Crippen LogP contribution in [0.25, 0.3) is 0 Å². The zero-order valence-corrected chi connectivity index (χ0v) is 21.6. The Morgan fingerprint density at radius 3 is 1.19 bits per heavy atom. The largest absolute Gasteiger partial charge is 2.00 e. The third-order valence-corrected chi connectivity index (χ3v) is 4.83. The molecule has 0 aromatic rings. The minimum absolute atomic E-state index is 0. The Labute approximate surface area is 178 Å². The van der Waals surface area contributed by atoms with Crippen LogP contribution in [0.3, 0.4) is 0 Å². The Hall–Kier alpha value is 0.363. The second-order valence-electron chi connectivity index (χ2n) is 6.22. The SMILES string of the molecule is CCCCC(CC)COS(=O)(=O)[O-].CCCCC(CC)COS(=O)(=O)[O-].[Zn+2]. The average molecular weight is 484 g/mol. The Kier molecular flexibility index (Phi) is 21.8. The van der Waals surface area contributed by atoms with Crippen molar-refractivity contribution < 1.29 is 53.8 Å². The molecule has 0 aliphatic heterocycles. The minimum atomic E-state index is -4.50. The first-order chi connectivity index (χ1) is 12.0. The summed E-state index contributed by atoms with van der Waals surface area (Å²) in [7, 11) is -9.01. The third-order valence-electron chi connectivity index (χ3n) is 3.98. The molecule has 160 valence electrons. The van der Waals surface area contributed by atoms with Gasteiger partial charge in [-0.1, -0.05) is 66.2 Å². The zero-order chi connectivity index (χ0) is 20.6. The van der Waals surface area contributed by atoms with Crippen LogP contribution in [0.2, 0.25) is 0 Å². The monoisotopic (exact) mass is 482 g/mol. The van der Waals surface area contributed by atoms with Crippen molar-refractivity contribution in [2.45, 2.75) is 79.1 Å². The van der Waals surface area contributed by atoms with Crippen molar-refractivity contribution in [1.29, 1.82) is 0 Å².